The fraction of sp³-hybridized carbons (Fsp3) is 0. The van der Waals surface area contributed by atoms with E-state index < -0.39 is 0 Å². The van der Waals surface area contributed by atoms with E-state index in [1.54, 1.807) is 30.3 Å². The Morgan fingerprint density at radius 3 is 2.62 bits per heavy atom. The zero-order chi connectivity index (χ0) is 14.8. The number of carbonyl (C=O) groups is 1. The molecular weight excluding hydrogens is 286 g/mol. The first-order valence-corrected chi connectivity index (χ1v) is 6.74. The van der Waals surface area contributed by atoms with Crippen molar-refractivity contribution in [1.29, 1.82) is 0 Å². The van der Waals surface area contributed by atoms with E-state index in [0.717, 1.165) is 5.39 Å². The number of nitrogens with zero attached hydrogens (tertiary/aromatic N) is 1. The van der Waals surface area contributed by atoms with Crippen molar-refractivity contribution in [3.63, 3.8) is 0 Å². The Kier molecular flexibility index (Phi) is 3.46. The maximum absolute atomic E-state index is 12.3. The molecule has 1 heterocycles. The van der Waals surface area contributed by atoms with Gasteiger partial charge in [0.15, 0.2) is 0 Å². The topological polar surface area (TPSA) is 68.0 Å². The molecule has 0 unspecified atom stereocenters. The third-order valence-electron chi connectivity index (χ3n) is 3.10. The van der Waals surface area contributed by atoms with Crippen LogP contribution < -0.4 is 11.1 Å². The number of rotatable bonds is 2. The Bertz CT molecular complexity index is 833. The van der Waals surface area contributed by atoms with Crippen LogP contribution in [0.1, 0.15) is 10.5 Å². The average molecular weight is 298 g/mol. The number of carbonyl (C=O) groups excluding carboxylic acids is 1. The van der Waals surface area contributed by atoms with Crippen LogP contribution in [0.3, 0.4) is 0 Å². The van der Waals surface area contributed by atoms with Gasteiger partial charge in [0.1, 0.15) is 5.69 Å². The quantitative estimate of drug-likeness (QED) is 0.757. The van der Waals surface area contributed by atoms with Gasteiger partial charge in [0, 0.05) is 11.1 Å². The van der Waals surface area contributed by atoms with Crippen molar-refractivity contribution in [2.45, 2.75) is 0 Å². The third-order valence-corrected chi connectivity index (χ3v) is 3.43. The summed E-state index contributed by atoms with van der Waals surface area (Å²) < 4.78 is 0. The lowest BCUT2D eigenvalue weighted by molar-refractivity contribution is 0.102. The summed E-state index contributed by atoms with van der Waals surface area (Å²) in [5.41, 5.74) is 7.97. The molecule has 0 aliphatic rings. The molecule has 104 valence electrons. The standard InChI is InChI=1S/C16H12ClN3O/c17-11-6-2-4-8-14(11)20-16(21)15-9-12(18)10-5-1-3-7-13(10)19-15/h1-9H,(H2,18,19)(H,20,21). The summed E-state index contributed by atoms with van der Waals surface area (Å²) in [6.07, 6.45) is 0. The van der Waals surface area contributed by atoms with Gasteiger partial charge in [0.2, 0.25) is 0 Å². The number of nitrogens with two attached hydrogens (primary N) is 1. The number of para-hydroxylation sites is 2. The Hall–Kier alpha value is -2.59. The Morgan fingerprint density at radius 2 is 1.81 bits per heavy atom. The summed E-state index contributed by atoms with van der Waals surface area (Å²) in [5, 5.41) is 4.03. The normalized spacial score (nSPS) is 10.5. The van der Waals surface area contributed by atoms with Gasteiger partial charge >= 0.3 is 0 Å². The smallest absolute Gasteiger partial charge is 0.274 e. The molecule has 5 heteroatoms. The Labute approximate surface area is 126 Å². The number of pyridine rings is 1. The monoisotopic (exact) mass is 297 g/mol. The number of nitrogen functional groups attached to an aromatic ring is 1. The maximum Gasteiger partial charge on any atom is 0.274 e. The highest BCUT2D eigenvalue weighted by Gasteiger charge is 2.12. The average Bonchev–Trinajstić information content (AvgIpc) is 2.49. The second-order valence-corrected chi connectivity index (χ2v) is 4.96. The largest absolute Gasteiger partial charge is 0.398 e. The Balaban J connectivity index is 1.97. The number of amides is 1. The number of aromatic nitrogens is 1. The number of benzene rings is 2. The molecule has 3 rings (SSSR count). The SMILES string of the molecule is Nc1cc(C(=O)Nc2ccccc2Cl)nc2ccccc12. The third kappa shape index (κ3) is 2.66. The summed E-state index contributed by atoms with van der Waals surface area (Å²) >= 11 is 6.02. The lowest BCUT2D eigenvalue weighted by Crippen LogP contribution is -2.14. The molecule has 1 aromatic heterocycles. The van der Waals surface area contributed by atoms with Gasteiger partial charge in [-0.2, -0.15) is 0 Å². The first kappa shape index (κ1) is 13.4. The molecule has 0 bridgehead atoms. The van der Waals surface area contributed by atoms with Gasteiger partial charge in [-0.05, 0) is 24.3 Å². The van der Waals surface area contributed by atoms with Crippen molar-refractivity contribution in [3.8, 4) is 0 Å². The number of fused-ring (bicyclic) bond motifs is 1. The highest BCUT2D eigenvalue weighted by molar-refractivity contribution is 6.33. The summed E-state index contributed by atoms with van der Waals surface area (Å²) in [5.74, 6) is -0.347. The van der Waals surface area contributed by atoms with Gasteiger partial charge in [-0.3, -0.25) is 4.79 Å². The van der Waals surface area contributed by atoms with E-state index in [0.29, 0.717) is 21.9 Å². The van der Waals surface area contributed by atoms with Crippen molar-refractivity contribution in [1.82, 2.24) is 4.98 Å². The zero-order valence-corrected chi connectivity index (χ0v) is 11.8. The molecule has 0 saturated heterocycles. The van der Waals surface area contributed by atoms with Crippen LogP contribution in [0.4, 0.5) is 11.4 Å². The lowest BCUT2D eigenvalue weighted by Gasteiger charge is -2.08. The molecular formula is C16H12ClN3O. The molecule has 0 fully saturated rings. The first-order valence-electron chi connectivity index (χ1n) is 6.36. The molecule has 21 heavy (non-hydrogen) atoms. The van der Waals surface area contributed by atoms with E-state index >= 15 is 0 Å². The number of anilines is 2. The van der Waals surface area contributed by atoms with E-state index in [-0.39, 0.29) is 11.6 Å². The molecule has 0 aliphatic heterocycles. The molecule has 0 atom stereocenters. The van der Waals surface area contributed by atoms with E-state index in [1.807, 2.05) is 24.3 Å². The van der Waals surface area contributed by atoms with Gasteiger partial charge in [0.25, 0.3) is 5.91 Å². The van der Waals surface area contributed by atoms with Gasteiger partial charge < -0.3 is 11.1 Å². The van der Waals surface area contributed by atoms with Crippen molar-refractivity contribution in [2.75, 3.05) is 11.1 Å². The van der Waals surface area contributed by atoms with E-state index in [1.165, 1.54) is 0 Å². The van der Waals surface area contributed by atoms with E-state index in [2.05, 4.69) is 10.3 Å². The summed E-state index contributed by atoms with van der Waals surface area (Å²) in [6, 6.07) is 16.0. The summed E-state index contributed by atoms with van der Waals surface area (Å²) in [6.45, 7) is 0. The fourth-order valence-corrected chi connectivity index (χ4v) is 2.25. The minimum atomic E-state index is -0.347. The minimum Gasteiger partial charge on any atom is -0.398 e. The highest BCUT2D eigenvalue weighted by atomic mass is 35.5. The molecule has 0 radical (unpaired) electrons. The number of hydrogen-bond donors (Lipinski definition) is 2. The van der Waals surface area contributed by atoms with E-state index in [9.17, 15) is 4.79 Å². The van der Waals surface area contributed by atoms with Gasteiger partial charge in [0.05, 0.1) is 16.2 Å². The molecule has 4 nitrogen and oxygen atoms in total. The van der Waals surface area contributed by atoms with Crippen LogP contribution in [0.2, 0.25) is 5.02 Å². The number of halogens is 1. The van der Waals surface area contributed by atoms with Crippen LogP contribution in [0.15, 0.2) is 54.6 Å². The van der Waals surface area contributed by atoms with Gasteiger partial charge in [-0.1, -0.05) is 41.9 Å². The summed E-state index contributed by atoms with van der Waals surface area (Å²) in [4.78, 5) is 16.6. The number of nitrogens with one attached hydrogen (secondary N) is 1. The van der Waals surface area contributed by atoms with Gasteiger partial charge in [-0.25, -0.2) is 4.98 Å². The van der Waals surface area contributed by atoms with Crippen LogP contribution in [0, 0.1) is 0 Å². The van der Waals surface area contributed by atoms with Gasteiger partial charge in [-0.15, -0.1) is 0 Å². The predicted molar refractivity (Wildman–Crippen MR) is 85.6 cm³/mol. The highest BCUT2D eigenvalue weighted by Crippen LogP contribution is 2.23. The van der Waals surface area contributed by atoms with Crippen LogP contribution in [-0.4, -0.2) is 10.9 Å². The van der Waals surface area contributed by atoms with Crippen molar-refractivity contribution < 1.29 is 4.79 Å². The molecule has 3 aromatic rings. The van der Waals surface area contributed by atoms with E-state index in [4.69, 9.17) is 17.3 Å². The molecule has 3 N–H and O–H groups in total. The van der Waals surface area contributed by atoms with Crippen LogP contribution in [0.5, 0.6) is 0 Å². The first-order chi connectivity index (χ1) is 10.1. The molecule has 1 amide bonds. The second kappa shape index (κ2) is 5.42. The second-order valence-electron chi connectivity index (χ2n) is 4.55. The van der Waals surface area contributed by atoms with Crippen LogP contribution in [-0.2, 0) is 0 Å². The molecule has 0 spiro atoms. The van der Waals surface area contributed by atoms with Crippen molar-refractivity contribution >= 4 is 39.8 Å². The van der Waals surface area contributed by atoms with Crippen LogP contribution in [0.25, 0.3) is 10.9 Å². The zero-order valence-electron chi connectivity index (χ0n) is 11.0. The fourth-order valence-electron chi connectivity index (χ4n) is 2.07. The summed E-state index contributed by atoms with van der Waals surface area (Å²) in [7, 11) is 0. The Morgan fingerprint density at radius 1 is 1.10 bits per heavy atom. The molecule has 0 saturated carbocycles. The molecule has 0 aliphatic carbocycles. The van der Waals surface area contributed by atoms with Crippen LogP contribution >= 0.6 is 11.6 Å². The molecule has 2 aromatic carbocycles. The predicted octanol–water partition coefficient (Wildman–Crippen LogP) is 3.72. The van der Waals surface area contributed by atoms with Crippen molar-refractivity contribution in [2.24, 2.45) is 0 Å². The minimum absolute atomic E-state index is 0.256. The maximum atomic E-state index is 12.3. The van der Waals surface area contributed by atoms with Crippen molar-refractivity contribution in [3.05, 3.63) is 65.3 Å². The lowest BCUT2D eigenvalue weighted by atomic mass is 10.1. The number of hydrogen-bond acceptors (Lipinski definition) is 3.